The van der Waals surface area contributed by atoms with Crippen LogP contribution in [0.15, 0.2) is 16.3 Å². The molecule has 1 atom stereocenters. The monoisotopic (exact) mass is 370 g/mol. The molecule has 1 aromatic heterocycles. The third kappa shape index (κ3) is 4.00. The van der Waals surface area contributed by atoms with E-state index in [-0.39, 0.29) is 17.9 Å². The van der Waals surface area contributed by atoms with E-state index in [0.29, 0.717) is 17.3 Å². The quantitative estimate of drug-likeness (QED) is 0.886. The highest BCUT2D eigenvalue weighted by Gasteiger charge is 2.34. The van der Waals surface area contributed by atoms with Crippen LogP contribution < -0.4 is 5.32 Å². The van der Waals surface area contributed by atoms with Crippen molar-refractivity contribution in [3.8, 4) is 0 Å². The Morgan fingerprint density at radius 3 is 2.58 bits per heavy atom. The fourth-order valence-electron chi connectivity index (χ4n) is 3.62. The number of thiophene rings is 1. The predicted octanol–water partition coefficient (Wildman–Crippen LogP) is 2.91. The Bertz CT molecular complexity index is 678. The van der Waals surface area contributed by atoms with Gasteiger partial charge in [0.05, 0.1) is 5.92 Å². The van der Waals surface area contributed by atoms with Crippen LogP contribution in [0.2, 0.25) is 0 Å². The zero-order valence-electron chi connectivity index (χ0n) is 14.2. The van der Waals surface area contributed by atoms with Crippen molar-refractivity contribution in [2.45, 2.75) is 62.1 Å². The Labute approximate surface area is 148 Å². The minimum atomic E-state index is -3.47. The molecule has 3 rings (SSSR count). The van der Waals surface area contributed by atoms with Crippen molar-refractivity contribution in [3.05, 3.63) is 17.0 Å². The Hall–Kier alpha value is -0.920. The first-order valence-electron chi connectivity index (χ1n) is 8.84. The van der Waals surface area contributed by atoms with Crippen molar-refractivity contribution in [2.75, 3.05) is 13.1 Å². The molecule has 0 unspecified atom stereocenters. The number of piperidine rings is 1. The van der Waals surface area contributed by atoms with E-state index in [0.717, 1.165) is 30.6 Å². The van der Waals surface area contributed by atoms with Crippen LogP contribution in [0.25, 0.3) is 0 Å². The number of rotatable bonds is 4. The molecule has 0 spiro atoms. The summed E-state index contributed by atoms with van der Waals surface area (Å²) in [5, 5.41) is 3.15. The number of amides is 1. The summed E-state index contributed by atoms with van der Waals surface area (Å²) in [6.45, 7) is 2.71. The number of sulfonamides is 1. The van der Waals surface area contributed by atoms with Crippen molar-refractivity contribution in [3.63, 3.8) is 0 Å². The van der Waals surface area contributed by atoms with Gasteiger partial charge in [0.25, 0.3) is 10.0 Å². The zero-order valence-corrected chi connectivity index (χ0v) is 15.8. The van der Waals surface area contributed by atoms with Gasteiger partial charge in [-0.15, -0.1) is 11.3 Å². The van der Waals surface area contributed by atoms with E-state index in [1.807, 2.05) is 13.0 Å². The van der Waals surface area contributed by atoms with Crippen molar-refractivity contribution in [2.24, 2.45) is 5.92 Å². The normalized spacial score (nSPS) is 24.0. The molecule has 1 N–H and O–H groups in total. The molecular weight excluding hydrogens is 344 g/mol. The van der Waals surface area contributed by atoms with Gasteiger partial charge in [-0.2, -0.15) is 4.31 Å². The van der Waals surface area contributed by atoms with Gasteiger partial charge in [-0.1, -0.05) is 19.3 Å². The number of aryl methyl sites for hydroxylation is 1. The molecule has 5 nitrogen and oxygen atoms in total. The number of hydrogen-bond acceptors (Lipinski definition) is 4. The second kappa shape index (κ2) is 7.54. The van der Waals surface area contributed by atoms with E-state index in [1.165, 1.54) is 34.9 Å². The van der Waals surface area contributed by atoms with Crippen LogP contribution in [0.5, 0.6) is 0 Å². The number of carbonyl (C=O) groups is 1. The lowest BCUT2D eigenvalue weighted by Crippen LogP contribution is -2.47. The lowest BCUT2D eigenvalue weighted by atomic mass is 9.93. The molecule has 0 aromatic carbocycles. The van der Waals surface area contributed by atoms with Crippen LogP contribution in [-0.4, -0.2) is 37.8 Å². The summed E-state index contributed by atoms with van der Waals surface area (Å²) < 4.78 is 27.4. The number of nitrogens with zero attached hydrogens (tertiary/aromatic N) is 1. The molecule has 2 aliphatic rings. The van der Waals surface area contributed by atoms with Crippen LogP contribution in [0.1, 0.15) is 49.8 Å². The largest absolute Gasteiger partial charge is 0.353 e. The first-order valence-corrected chi connectivity index (χ1v) is 11.1. The van der Waals surface area contributed by atoms with Crippen LogP contribution in [-0.2, 0) is 14.8 Å². The van der Waals surface area contributed by atoms with Crippen molar-refractivity contribution in [1.29, 1.82) is 0 Å². The van der Waals surface area contributed by atoms with Crippen molar-refractivity contribution in [1.82, 2.24) is 9.62 Å². The Kier molecular flexibility index (Phi) is 5.62. The van der Waals surface area contributed by atoms with Gasteiger partial charge in [0.15, 0.2) is 0 Å². The maximum absolute atomic E-state index is 12.8. The van der Waals surface area contributed by atoms with E-state index in [1.54, 1.807) is 6.07 Å². The third-order valence-electron chi connectivity index (χ3n) is 5.02. The summed E-state index contributed by atoms with van der Waals surface area (Å²) in [5.74, 6) is -0.194. The molecule has 7 heteroatoms. The molecule has 2 fully saturated rings. The standard InChI is InChI=1S/C17H26N2O3S2/c1-13-9-10-16(23-13)24(21,22)19-11-5-6-14(12-19)17(20)18-15-7-3-2-4-8-15/h9-10,14-15H,2-8,11-12H2,1H3,(H,18,20)/t14-/m0/s1. The smallest absolute Gasteiger partial charge is 0.252 e. The first-order chi connectivity index (χ1) is 11.5. The molecule has 2 heterocycles. The summed E-state index contributed by atoms with van der Waals surface area (Å²) in [6, 6.07) is 3.77. The van der Waals surface area contributed by atoms with Gasteiger partial charge in [0.2, 0.25) is 5.91 Å². The topological polar surface area (TPSA) is 66.5 Å². The molecule has 24 heavy (non-hydrogen) atoms. The SMILES string of the molecule is Cc1ccc(S(=O)(=O)N2CCC[C@H](C(=O)NC3CCCCC3)C2)s1. The Morgan fingerprint density at radius 1 is 1.17 bits per heavy atom. The minimum Gasteiger partial charge on any atom is -0.353 e. The van der Waals surface area contributed by atoms with Crippen LogP contribution >= 0.6 is 11.3 Å². The molecule has 1 aromatic rings. The highest BCUT2D eigenvalue weighted by Crippen LogP contribution is 2.28. The van der Waals surface area contributed by atoms with Crippen LogP contribution in [0, 0.1) is 12.8 Å². The minimum absolute atomic E-state index is 0.0316. The van der Waals surface area contributed by atoms with Crippen molar-refractivity contribution >= 4 is 27.3 Å². The van der Waals surface area contributed by atoms with Gasteiger partial charge >= 0.3 is 0 Å². The molecular formula is C17H26N2O3S2. The van der Waals surface area contributed by atoms with E-state index in [2.05, 4.69) is 5.32 Å². The molecule has 0 bridgehead atoms. The average Bonchev–Trinajstić information content (AvgIpc) is 3.03. The van der Waals surface area contributed by atoms with Gasteiger partial charge in [0.1, 0.15) is 4.21 Å². The fraction of sp³-hybridized carbons (Fsp3) is 0.706. The first kappa shape index (κ1) is 17.9. The summed E-state index contributed by atoms with van der Waals surface area (Å²) >= 11 is 1.30. The predicted molar refractivity (Wildman–Crippen MR) is 95.6 cm³/mol. The summed E-state index contributed by atoms with van der Waals surface area (Å²) in [5.41, 5.74) is 0. The van der Waals surface area contributed by atoms with Crippen LogP contribution in [0.3, 0.4) is 0 Å². The second-order valence-corrected chi connectivity index (χ2v) is 10.4. The summed E-state index contributed by atoms with van der Waals surface area (Å²) in [4.78, 5) is 13.5. The lowest BCUT2D eigenvalue weighted by Gasteiger charge is -2.32. The molecule has 134 valence electrons. The second-order valence-electron chi connectivity index (χ2n) is 6.91. The number of carbonyl (C=O) groups excluding carboxylic acids is 1. The molecule has 1 aliphatic heterocycles. The van der Waals surface area contributed by atoms with Crippen molar-refractivity contribution < 1.29 is 13.2 Å². The van der Waals surface area contributed by atoms with E-state index < -0.39 is 10.0 Å². The third-order valence-corrected chi connectivity index (χ3v) is 8.35. The van der Waals surface area contributed by atoms with Crippen LogP contribution in [0.4, 0.5) is 0 Å². The van der Waals surface area contributed by atoms with Gasteiger partial charge < -0.3 is 5.32 Å². The highest BCUT2D eigenvalue weighted by atomic mass is 32.2. The summed E-state index contributed by atoms with van der Waals surface area (Å²) in [6.07, 6.45) is 7.22. The maximum Gasteiger partial charge on any atom is 0.252 e. The summed E-state index contributed by atoms with van der Waals surface area (Å²) in [7, 11) is -3.47. The van der Waals surface area contributed by atoms with E-state index >= 15 is 0 Å². The molecule has 1 amide bonds. The molecule has 0 radical (unpaired) electrons. The van der Waals surface area contributed by atoms with Gasteiger partial charge in [-0.05, 0) is 44.7 Å². The molecule has 1 saturated carbocycles. The Balaban J connectivity index is 1.64. The van der Waals surface area contributed by atoms with E-state index in [9.17, 15) is 13.2 Å². The average molecular weight is 371 g/mol. The lowest BCUT2D eigenvalue weighted by molar-refractivity contribution is -0.127. The van der Waals surface area contributed by atoms with Gasteiger partial charge in [-0.25, -0.2) is 8.42 Å². The number of hydrogen-bond donors (Lipinski definition) is 1. The Morgan fingerprint density at radius 2 is 1.92 bits per heavy atom. The molecule has 1 saturated heterocycles. The maximum atomic E-state index is 12.8. The zero-order chi connectivity index (χ0) is 17.2. The fourth-order valence-corrected chi connectivity index (χ4v) is 6.58. The molecule has 1 aliphatic carbocycles. The number of nitrogens with one attached hydrogen (secondary N) is 1. The highest BCUT2D eigenvalue weighted by molar-refractivity contribution is 7.91. The van der Waals surface area contributed by atoms with Gasteiger partial charge in [-0.3, -0.25) is 4.79 Å². The van der Waals surface area contributed by atoms with E-state index in [4.69, 9.17) is 0 Å². The van der Waals surface area contributed by atoms with Gasteiger partial charge in [0, 0.05) is 24.0 Å².